The van der Waals surface area contributed by atoms with Crippen molar-refractivity contribution in [3.63, 3.8) is 0 Å². The lowest BCUT2D eigenvalue weighted by molar-refractivity contribution is 0.321. The van der Waals surface area contributed by atoms with Crippen LogP contribution in [0.2, 0.25) is 0 Å². The summed E-state index contributed by atoms with van der Waals surface area (Å²) < 4.78 is 2.07. The maximum Gasteiger partial charge on any atom is 0.0760 e. The van der Waals surface area contributed by atoms with Gasteiger partial charge in [0, 0.05) is 11.1 Å². The Morgan fingerprint density at radius 1 is 1.00 bits per heavy atom. The molecule has 82 valence electrons. The zero-order chi connectivity index (χ0) is 11.3. The van der Waals surface area contributed by atoms with E-state index >= 15 is 0 Å². The minimum Gasteiger partial charge on any atom is -0.411 e. The van der Waals surface area contributed by atoms with E-state index in [1.165, 1.54) is 12.4 Å². The van der Waals surface area contributed by atoms with Crippen molar-refractivity contribution < 1.29 is 10.4 Å². The molecule has 0 aliphatic rings. The van der Waals surface area contributed by atoms with Crippen LogP contribution in [0, 0.1) is 0 Å². The zero-order valence-corrected chi connectivity index (χ0v) is 10.6. The Morgan fingerprint density at radius 3 is 1.67 bits per heavy atom. The van der Waals surface area contributed by atoms with Gasteiger partial charge >= 0.3 is 0 Å². The van der Waals surface area contributed by atoms with Gasteiger partial charge in [-0.1, -0.05) is 10.3 Å². The number of nitrogens with zero attached hydrogens (tertiary/aromatic N) is 2. The van der Waals surface area contributed by atoms with Crippen LogP contribution in [0.4, 0.5) is 0 Å². The summed E-state index contributed by atoms with van der Waals surface area (Å²) in [5.41, 5.74) is 1.58. The fourth-order valence-corrected chi connectivity index (χ4v) is 3.88. The lowest BCUT2D eigenvalue weighted by Crippen LogP contribution is -1.89. The predicted octanol–water partition coefficient (Wildman–Crippen LogP) is 2.81. The molecule has 15 heavy (non-hydrogen) atoms. The number of hydrogen-bond donors (Lipinski definition) is 2. The van der Waals surface area contributed by atoms with E-state index in [1.54, 1.807) is 34.9 Å². The van der Waals surface area contributed by atoms with Gasteiger partial charge in [-0.2, -0.15) is 0 Å². The summed E-state index contributed by atoms with van der Waals surface area (Å²) in [6.45, 7) is 0. The number of thiophene rings is 1. The molecule has 0 aliphatic heterocycles. The molecule has 0 fully saturated rings. The predicted molar refractivity (Wildman–Crippen MR) is 66.6 cm³/mol. The van der Waals surface area contributed by atoms with Crippen molar-refractivity contribution >= 4 is 47.3 Å². The first kappa shape index (κ1) is 12.4. The maximum atomic E-state index is 8.57. The molecular weight excluding hydrogens is 252 g/mol. The van der Waals surface area contributed by atoms with Gasteiger partial charge in [0.05, 0.1) is 20.8 Å². The molecule has 0 amide bonds. The molecule has 0 bridgehead atoms. The lowest BCUT2D eigenvalue weighted by atomic mass is 10.2. The Balaban J connectivity index is 3.33. The smallest absolute Gasteiger partial charge is 0.0760 e. The van der Waals surface area contributed by atoms with Crippen molar-refractivity contribution in [2.75, 3.05) is 12.5 Å². The molecule has 4 nitrogen and oxygen atoms in total. The van der Waals surface area contributed by atoms with Crippen LogP contribution in [0.25, 0.3) is 0 Å². The average molecular weight is 262 g/mol. The molecule has 2 N–H and O–H groups in total. The van der Waals surface area contributed by atoms with E-state index < -0.39 is 0 Å². The highest BCUT2D eigenvalue weighted by Crippen LogP contribution is 2.38. The molecule has 0 aromatic carbocycles. The molecule has 1 heterocycles. The fraction of sp³-hybridized carbons (Fsp3) is 0.250. The van der Waals surface area contributed by atoms with Crippen molar-refractivity contribution in [1.29, 1.82) is 0 Å². The van der Waals surface area contributed by atoms with Gasteiger partial charge in [-0.3, -0.25) is 0 Å². The van der Waals surface area contributed by atoms with Crippen LogP contribution < -0.4 is 0 Å². The van der Waals surface area contributed by atoms with E-state index in [0.717, 1.165) is 19.5 Å². The summed E-state index contributed by atoms with van der Waals surface area (Å²) in [5.74, 6) is 0. The molecule has 1 rings (SSSR count). The lowest BCUT2D eigenvalue weighted by Gasteiger charge is -1.94. The van der Waals surface area contributed by atoms with Crippen LogP contribution >= 0.6 is 34.9 Å². The maximum absolute atomic E-state index is 8.57. The first-order valence-corrected chi connectivity index (χ1v) is 7.14. The number of rotatable bonds is 4. The third-order valence-corrected chi connectivity index (χ3v) is 5.15. The van der Waals surface area contributed by atoms with Crippen molar-refractivity contribution in [2.45, 2.75) is 8.42 Å². The summed E-state index contributed by atoms with van der Waals surface area (Å²) in [5, 5.41) is 23.2. The van der Waals surface area contributed by atoms with Gasteiger partial charge in [0.15, 0.2) is 0 Å². The van der Waals surface area contributed by atoms with Crippen molar-refractivity contribution in [2.24, 2.45) is 10.3 Å². The van der Waals surface area contributed by atoms with Crippen LogP contribution in [0.15, 0.2) is 18.7 Å². The Morgan fingerprint density at radius 2 is 1.40 bits per heavy atom. The van der Waals surface area contributed by atoms with E-state index in [0.29, 0.717) is 0 Å². The highest BCUT2D eigenvalue weighted by molar-refractivity contribution is 8.02. The Hall–Kier alpha value is -0.660. The zero-order valence-electron chi connectivity index (χ0n) is 8.17. The first-order chi connectivity index (χ1) is 7.28. The third-order valence-electron chi connectivity index (χ3n) is 1.66. The molecule has 1 aromatic rings. The Kier molecular flexibility index (Phi) is 5.00. The second kappa shape index (κ2) is 6.04. The van der Waals surface area contributed by atoms with Crippen LogP contribution in [0.1, 0.15) is 11.1 Å². The van der Waals surface area contributed by atoms with Crippen molar-refractivity contribution in [3.8, 4) is 0 Å². The van der Waals surface area contributed by atoms with Crippen LogP contribution in [-0.2, 0) is 0 Å². The Bertz CT molecular complexity index is 353. The molecule has 0 aliphatic carbocycles. The molecule has 0 unspecified atom stereocenters. The highest BCUT2D eigenvalue weighted by atomic mass is 32.2. The molecular formula is C8H10N2O2S3. The second-order valence-electron chi connectivity index (χ2n) is 2.40. The minimum absolute atomic E-state index is 0.789. The van der Waals surface area contributed by atoms with Gasteiger partial charge in [-0.25, -0.2) is 0 Å². The summed E-state index contributed by atoms with van der Waals surface area (Å²) in [6.07, 6.45) is 6.62. The van der Waals surface area contributed by atoms with Gasteiger partial charge in [0.25, 0.3) is 0 Å². The van der Waals surface area contributed by atoms with Gasteiger partial charge < -0.3 is 10.4 Å². The van der Waals surface area contributed by atoms with Gasteiger partial charge in [0.2, 0.25) is 0 Å². The summed E-state index contributed by atoms with van der Waals surface area (Å²) in [4.78, 5) is 0. The molecule has 0 saturated carbocycles. The monoisotopic (exact) mass is 262 g/mol. The van der Waals surface area contributed by atoms with E-state index in [2.05, 4.69) is 10.3 Å². The highest BCUT2D eigenvalue weighted by Gasteiger charge is 2.14. The number of oxime groups is 2. The normalized spacial score (nSPS) is 11.9. The molecule has 0 radical (unpaired) electrons. The topological polar surface area (TPSA) is 65.2 Å². The van der Waals surface area contributed by atoms with E-state index in [9.17, 15) is 0 Å². The second-order valence-corrected chi connectivity index (χ2v) is 5.57. The number of hydrogen-bond acceptors (Lipinski definition) is 7. The van der Waals surface area contributed by atoms with E-state index in [-0.39, 0.29) is 0 Å². The molecule has 0 atom stereocenters. The largest absolute Gasteiger partial charge is 0.411 e. The summed E-state index contributed by atoms with van der Waals surface area (Å²) >= 11 is 4.73. The Labute approximate surface area is 100 Å². The van der Waals surface area contributed by atoms with Gasteiger partial charge in [0.1, 0.15) is 0 Å². The van der Waals surface area contributed by atoms with Crippen molar-refractivity contribution in [3.05, 3.63) is 11.1 Å². The summed E-state index contributed by atoms with van der Waals surface area (Å²) in [6, 6.07) is 0. The van der Waals surface area contributed by atoms with E-state index in [4.69, 9.17) is 10.4 Å². The molecule has 0 saturated heterocycles. The SMILES string of the molecule is CSc1sc(SC)c(/C=N\O)c1/C=N\O. The van der Waals surface area contributed by atoms with Gasteiger partial charge in [-0.15, -0.1) is 34.9 Å². The van der Waals surface area contributed by atoms with E-state index in [1.807, 2.05) is 12.5 Å². The van der Waals surface area contributed by atoms with Gasteiger partial charge in [-0.05, 0) is 12.5 Å². The quantitative estimate of drug-likeness (QED) is 0.379. The molecule has 7 heteroatoms. The molecule has 1 aromatic heterocycles. The minimum atomic E-state index is 0.789. The first-order valence-electron chi connectivity index (χ1n) is 3.88. The van der Waals surface area contributed by atoms with Crippen LogP contribution in [0.3, 0.4) is 0 Å². The van der Waals surface area contributed by atoms with Crippen molar-refractivity contribution in [1.82, 2.24) is 0 Å². The number of thioether (sulfide) groups is 2. The molecule has 0 spiro atoms. The third kappa shape index (κ3) is 2.67. The standard InChI is InChI=1S/C8H10N2O2S3/c1-13-7-5(3-9-11)6(4-10-12)8(14-2)15-7/h3-4,11-12H,1-2H3/b9-3-,10-4-. The van der Waals surface area contributed by atoms with Crippen LogP contribution in [0.5, 0.6) is 0 Å². The van der Waals surface area contributed by atoms with Crippen LogP contribution in [-0.4, -0.2) is 35.4 Å². The fourth-order valence-electron chi connectivity index (χ4n) is 1.08. The average Bonchev–Trinajstić information content (AvgIpc) is 2.58. The summed E-state index contributed by atoms with van der Waals surface area (Å²) in [7, 11) is 0.